The fraction of sp³-hybridized carbons (Fsp3) is 0.333. The second kappa shape index (κ2) is 7.38. The van der Waals surface area contributed by atoms with Crippen molar-refractivity contribution in [1.29, 1.82) is 0 Å². The average Bonchev–Trinajstić information content (AvgIpc) is 3.00. The van der Waals surface area contributed by atoms with Crippen molar-refractivity contribution in [3.8, 4) is 0 Å². The molecule has 2 N–H and O–H groups in total. The number of anilines is 1. The highest BCUT2D eigenvalue weighted by Gasteiger charge is 2.19. The average molecular weight is 355 g/mol. The van der Waals surface area contributed by atoms with Crippen LogP contribution in [-0.4, -0.2) is 31.4 Å². The molecule has 0 fully saturated rings. The lowest BCUT2D eigenvalue weighted by molar-refractivity contribution is 0.0974. The van der Waals surface area contributed by atoms with Gasteiger partial charge in [0, 0.05) is 19.2 Å². The molecule has 136 valence electrons. The molecule has 0 amide bonds. The number of aromatic amines is 1. The van der Waals surface area contributed by atoms with Gasteiger partial charge in [0.2, 0.25) is 5.95 Å². The van der Waals surface area contributed by atoms with Gasteiger partial charge in [-0.15, -0.1) is 0 Å². The topological polar surface area (TPSA) is 102 Å². The first-order chi connectivity index (χ1) is 12.5. The number of rotatable bonds is 7. The molecule has 2 heterocycles. The number of carbonyl (C=O) groups excluding carboxylic acids is 1. The predicted molar refractivity (Wildman–Crippen MR) is 99.8 cm³/mol. The summed E-state index contributed by atoms with van der Waals surface area (Å²) >= 11 is 0. The Balaban J connectivity index is 2.10. The van der Waals surface area contributed by atoms with Crippen LogP contribution in [0.2, 0.25) is 0 Å². The molecule has 8 nitrogen and oxygen atoms in total. The first-order valence-electron chi connectivity index (χ1n) is 8.54. The zero-order chi connectivity index (χ0) is 18.7. The molecule has 0 atom stereocenters. The molecule has 0 unspecified atom stereocenters. The molecular weight excluding hydrogens is 334 g/mol. The van der Waals surface area contributed by atoms with Crippen molar-refractivity contribution in [1.82, 2.24) is 19.1 Å². The molecule has 1 aromatic carbocycles. The van der Waals surface area contributed by atoms with Crippen LogP contribution in [-0.2, 0) is 13.6 Å². The number of nitrogens with zero attached hydrogens (tertiary/aromatic N) is 3. The van der Waals surface area contributed by atoms with Gasteiger partial charge in [0.05, 0.1) is 6.54 Å². The summed E-state index contributed by atoms with van der Waals surface area (Å²) in [5, 5.41) is 3.17. The highest BCUT2D eigenvalue weighted by atomic mass is 16.2. The first kappa shape index (κ1) is 17.7. The summed E-state index contributed by atoms with van der Waals surface area (Å²) in [4.78, 5) is 43.5. The molecule has 0 saturated heterocycles. The number of aromatic nitrogens is 4. The Kier molecular flexibility index (Phi) is 5.01. The van der Waals surface area contributed by atoms with Crippen LogP contribution in [0.1, 0.15) is 30.1 Å². The summed E-state index contributed by atoms with van der Waals surface area (Å²) in [6.07, 6.45) is 1.92. The van der Waals surface area contributed by atoms with Gasteiger partial charge in [-0.3, -0.25) is 23.7 Å². The molecule has 0 aliphatic carbocycles. The third kappa shape index (κ3) is 3.30. The molecule has 8 heteroatoms. The van der Waals surface area contributed by atoms with Crippen LogP contribution in [0.15, 0.2) is 39.9 Å². The van der Waals surface area contributed by atoms with E-state index in [1.165, 1.54) is 11.6 Å². The molecule has 0 saturated carbocycles. The lowest BCUT2D eigenvalue weighted by atomic mass is 10.1. The fourth-order valence-corrected chi connectivity index (χ4v) is 2.76. The number of carbonyl (C=O) groups is 1. The number of hydrogen-bond acceptors (Lipinski definition) is 5. The van der Waals surface area contributed by atoms with Crippen LogP contribution >= 0.6 is 0 Å². The van der Waals surface area contributed by atoms with Crippen LogP contribution < -0.4 is 16.6 Å². The molecule has 0 aliphatic heterocycles. The number of imidazole rings is 1. The van der Waals surface area contributed by atoms with Crippen LogP contribution in [0.25, 0.3) is 11.2 Å². The first-order valence-corrected chi connectivity index (χ1v) is 8.54. The van der Waals surface area contributed by atoms with E-state index in [1.807, 2.05) is 6.07 Å². The fourth-order valence-electron chi connectivity index (χ4n) is 2.76. The minimum Gasteiger partial charge on any atom is -0.356 e. The zero-order valence-corrected chi connectivity index (χ0v) is 14.8. The molecule has 0 radical (unpaired) electrons. The van der Waals surface area contributed by atoms with Gasteiger partial charge in [-0.2, -0.15) is 4.98 Å². The number of Topliss-reactive ketones (excluding diaryl/α,β-unsaturated/α-hetero) is 1. The number of unbranched alkanes of at least 4 members (excludes halogenated alkanes) is 1. The summed E-state index contributed by atoms with van der Waals surface area (Å²) in [6, 6.07) is 8.87. The number of H-pyrrole nitrogens is 1. The number of aryl methyl sites for hydroxylation is 1. The number of nitrogens with one attached hydrogen (secondary N) is 2. The Morgan fingerprint density at radius 1 is 1.23 bits per heavy atom. The number of benzene rings is 1. The number of hydrogen-bond donors (Lipinski definition) is 2. The standard InChI is InChI=1S/C18H21N5O3/c1-3-4-10-19-17-20-15-14(16(25)21-18(26)22(15)2)23(17)11-13(24)12-8-6-5-7-9-12/h5-9H,3-4,10-11H2,1-2H3,(H,19,20)(H,21,25,26). The SMILES string of the molecule is CCCCNc1nc2c(c(=O)[nH]c(=O)n2C)n1CC(=O)c1ccccc1. The Morgan fingerprint density at radius 3 is 2.65 bits per heavy atom. The lowest BCUT2D eigenvalue weighted by Gasteiger charge is -2.09. The Hall–Kier alpha value is -3.16. The van der Waals surface area contributed by atoms with Gasteiger partial charge in [-0.25, -0.2) is 4.79 Å². The summed E-state index contributed by atoms with van der Waals surface area (Å²) < 4.78 is 2.81. The molecule has 2 aromatic heterocycles. The summed E-state index contributed by atoms with van der Waals surface area (Å²) in [6.45, 7) is 2.68. The molecule has 3 rings (SSSR count). The number of fused-ring (bicyclic) bond motifs is 1. The van der Waals surface area contributed by atoms with E-state index in [2.05, 4.69) is 22.2 Å². The zero-order valence-electron chi connectivity index (χ0n) is 14.8. The number of ketones is 1. The van der Waals surface area contributed by atoms with E-state index in [0.29, 0.717) is 18.1 Å². The van der Waals surface area contributed by atoms with E-state index >= 15 is 0 Å². The van der Waals surface area contributed by atoms with Crippen molar-refractivity contribution >= 4 is 22.9 Å². The second-order valence-electron chi connectivity index (χ2n) is 6.08. The smallest absolute Gasteiger partial charge is 0.329 e. The van der Waals surface area contributed by atoms with Gasteiger partial charge < -0.3 is 5.32 Å². The van der Waals surface area contributed by atoms with E-state index in [9.17, 15) is 14.4 Å². The third-order valence-electron chi connectivity index (χ3n) is 4.22. The molecule has 0 aliphatic rings. The van der Waals surface area contributed by atoms with Gasteiger partial charge >= 0.3 is 5.69 Å². The van der Waals surface area contributed by atoms with E-state index in [0.717, 1.165) is 12.8 Å². The molecular formula is C18H21N5O3. The molecule has 0 bridgehead atoms. The van der Waals surface area contributed by atoms with Gasteiger partial charge in [0.25, 0.3) is 5.56 Å². The van der Waals surface area contributed by atoms with E-state index in [4.69, 9.17) is 0 Å². The summed E-state index contributed by atoms with van der Waals surface area (Å²) in [7, 11) is 1.53. The van der Waals surface area contributed by atoms with Crippen LogP contribution in [0.3, 0.4) is 0 Å². The normalized spacial score (nSPS) is 11.0. The van der Waals surface area contributed by atoms with Gasteiger partial charge in [-0.1, -0.05) is 43.7 Å². The Morgan fingerprint density at radius 2 is 1.96 bits per heavy atom. The summed E-state index contributed by atoms with van der Waals surface area (Å²) in [5.41, 5.74) is -0.0919. The van der Waals surface area contributed by atoms with Gasteiger partial charge in [0.15, 0.2) is 16.9 Å². The second-order valence-corrected chi connectivity index (χ2v) is 6.08. The maximum atomic E-state index is 12.6. The largest absolute Gasteiger partial charge is 0.356 e. The van der Waals surface area contributed by atoms with Gasteiger partial charge in [-0.05, 0) is 6.42 Å². The van der Waals surface area contributed by atoms with Crippen LogP contribution in [0.5, 0.6) is 0 Å². The maximum absolute atomic E-state index is 12.6. The van der Waals surface area contributed by atoms with E-state index in [1.54, 1.807) is 28.8 Å². The monoisotopic (exact) mass is 355 g/mol. The highest BCUT2D eigenvalue weighted by Crippen LogP contribution is 2.16. The van der Waals surface area contributed by atoms with Crippen LogP contribution in [0.4, 0.5) is 5.95 Å². The van der Waals surface area contributed by atoms with Crippen molar-refractivity contribution in [2.45, 2.75) is 26.3 Å². The third-order valence-corrected chi connectivity index (χ3v) is 4.22. The highest BCUT2D eigenvalue weighted by molar-refractivity contribution is 5.96. The Bertz CT molecular complexity index is 1050. The molecule has 0 spiro atoms. The van der Waals surface area contributed by atoms with E-state index in [-0.39, 0.29) is 23.5 Å². The Labute approximate surface area is 149 Å². The van der Waals surface area contributed by atoms with Crippen molar-refractivity contribution < 1.29 is 4.79 Å². The van der Waals surface area contributed by atoms with Gasteiger partial charge in [0.1, 0.15) is 0 Å². The minimum atomic E-state index is -0.556. The summed E-state index contributed by atoms with van der Waals surface area (Å²) in [5.74, 6) is 0.265. The quantitative estimate of drug-likeness (QED) is 0.494. The lowest BCUT2D eigenvalue weighted by Crippen LogP contribution is -2.29. The maximum Gasteiger partial charge on any atom is 0.329 e. The van der Waals surface area contributed by atoms with Crippen molar-refractivity contribution in [3.63, 3.8) is 0 Å². The van der Waals surface area contributed by atoms with Crippen molar-refractivity contribution in [3.05, 3.63) is 56.7 Å². The van der Waals surface area contributed by atoms with E-state index < -0.39 is 11.2 Å². The van der Waals surface area contributed by atoms with Crippen molar-refractivity contribution in [2.24, 2.45) is 7.05 Å². The minimum absolute atomic E-state index is 0.0454. The molecule has 26 heavy (non-hydrogen) atoms. The molecule has 3 aromatic rings. The van der Waals surface area contributed by atoms with Crippen molar-refractivity contribution in [2.75, 3.05) is 11.9 Å². The van der Waals surface area contributed by atoms with Crippen LogP contribution in [0, 0.1) is 0 Å². The predicted octanol–water partition coefficient (Wildman–Crippen LogP) is 1.52.